The summed E-state index contributed by atoms with van der Waals surface area (Å²) >= 11 is 0. The van der Waals surface area contributed by atoms with E-state index in [-0.39, 0.29) is 13.0 Å². The first-order valence-electron chi connectivity index (χ1n) is 16.4. The minimum Gasteiger partial charge on any atom is -0.426 e. The molecule has 17 nitrogen and oxygen atoms in total. The average Bonchev–Trinajstić information content (AvgIpc) is 2.99. The lowest BCUT2D eigenvalue weighted by atomic mass is 9.81. The van der Waals surface area contributed by atoms with Gasteiger partial charge in [0.25, 0.3) is 0 Å². The molecule has 0 unspecified atom stereocenters. The lowest BCUT2D eigenvalue weighted by molar-refractivity contribution is -0.136. The maximum Gasteiger partial charge on any atom is 0.475 e. The van der Waals surface area contributed by atoms with Crippen molar-refractivity contribution in [3.63, 3.8) is 0 Å². The number of aliphatic hydroxyl groups is 1. The van der Waals surface area contributed by atoms with Crippen LogP contribution in [0.25, 0.3) is 0 Å². The Hall–Kier alpha value is -3.32. The van der Waals surface area contributed by atoms with E-state index in [4.69, 9.17) is 11.5 Å². The normalized spacial score (nSPS) is 14.8. The highest BCUT2D eigenvalue weighted by Crippen LogP contribution is 2.08. The molecular weight excluding hydrogens is 615 g/mol. The number of unbranched alkanes of at least 4 members (excludes halogenated alkanes) is 7. The van der Waals surface area contributed by atoms with Crippen molar-refractivity contribution in [1.29, 1.82) is 0 Å². The van der Waals surface area contributed by atoms with E-state index in [0.717, 1.165) is 19.4 Å². The van der Waals surface area contributed by atoms with E-state index in [1.54, 1.807) is 0 Å². The maximum absolute atomic E-state index is 12.9. The molecule has 0 saturated carbocycles. The van der Waals surface area contributed by atoms with E-state index in [1.807, 2.05) is 0 Å². The molecule has 0 aromatic heterocycles. The van der Waals surface area contributed by atoms with Crippen LogP contribution in [-0.4, -0.2) is 114 Å². The maximum atomic E-state index is 12.9. The molecule has 0 spiro atoms. The van der Waals surface area contributed by atoms with Crippen molar-refractivity contribution in [3.8, 4) is 0 Å². The number of rotatable bonds is 26. The minimum atomic E-state index is -1.91. The number of nitrogens with one attached hydrogen (secondary N) is 6. The largest absolute Gasteiger partial charge is 0.475 e. The van der Waals surface area contributed by atoms with Gasteiger partial charge in [0.1, 0.15) is 24.2 Å². The quantitative estimate of drug-likeness (QED) is 0.0321. The van der Waals surface area contributed by atoms with Gasteiger partial charge in [0, 0.05) is 19.5 Å². The van der Waals surface area contributed by atoms with Crippen LogP contribution >= 0.6 is 0 Å². The van der Waals surface area contributed by atoms with Crippen molar-refractivity contribution in [1.82, 2.24) is 31.9 Å². The Morgan fingerprint density at radius 2 is 1.28 bits per heavy atom. The fraction of sp³-hybridized carbons (Fsp3) is 0.793. The van der Waals surface area contributed by atoms with Crippen LogP contribution in [0.2, 0.25) is 0 Å². The van der Waals surface area contributed by atoms with Crippen LogP contribution in [-0.2, 0) is 28.8 Å². The van der Waals surface area contributed by atoms with Gasteiger partial charge in [-0.25, -0.2) is 0 Å². The smallest absolute Gasteiger partial charge is 0.426 e. The third-order valence-electron chi connectivity index (χ3n) is 7.29. The van der Waals surface area contributed by atoms with Crippen molar-refractivity contribution < 1.29 is 43.9 Å². The van der Waals surface area contributed by atoms with E-state index < -0.39 is 85.2 Å². The van der Waals surface area contributed by atoms with Crippen LogP contribution in [0.5, 0.6) is 0 Å². The molecule has 0 bridgehead atoms. The average molecular weight is 673 g/mol. The molecule has 6 atom stereocenters. The van der Waals surface area contributed by atoms with Gasteiger partial charge in [-0.15, -0.1) is 0 Å². The molecule has 0 heterocycles. The van der Waals surface area contributed by atoms with Crippen molar-refractivity contribution in [2.45, 2.75) is 128 Å². The number of hydrogen-bond donors (Lipinski definition) is 11. The van der Waals surface area contributed by atoms with Crippen LogP contribution in [0.15, 0.2) is 0 Å². The molecule has 0 aliphatic heterocycles. The zero-order chi connectivity index (χ0) is 35.9. The third-order valence-corrected chi connectivity index (χ3v) is 7.29. The number of hydrogen-bond acceptors (Lipinski definition) is 11. The van der Waals surface area contributed by atoms with Crippen LogP contribution in [0.3, 0.4) is 0 Å². The topological polar surface area (TPSA) is 287 Å². The highest BCUT2D eigenvalue weighted by Gasteiger charge is 2.33. The van der Waals surface area contributed by atoms with E-state index in [9.17, 15) is 43.9 Å². The van der Waals surface area contributed by atoms with Gasteiger partial charge in [-0.1, -0.05) is 51.9 Å². The second-order valence-electron chi connectivity index (χ2n) is 11.7. The van der Waals surface area contributed by atoms with Gasteiger partial charge < -0.3 is 58.5 Å². The summed E-state index contributed by atoms with van der Waals surface area (Å²) in [6.07, 6.45) is 7.63. The second kappa shape index (κ2) is 24.8. The Bertz CT molecular complexity index is 989. The number of primary amides is 1. The molecule has 270 valence electrons. The molecule has 0 fully saturated rings. The number of carbonyl (C=O) groups is 6. The Labute approximate surface area is 277 Å². The van der Waals surface area contributed by atoms with Gasteiger partial charge in [0.05, 0.1) is 18.5 Å². The van der Waals surface area contributed by atoms with Gasteiger partial charge >= 0.3 is 7.12 Å². The SMILES string of the molecule is CCCCCCCCCCNCCC(=O)N[C@@H](CN)C(=O)N[C@H](C(=O)N[C@@H](C)C(=O)N[C@@H](CC(N)=O)C(=O)N[C@@H](C)B(O)O)[C@@H](C)O. The lowest BCUT2D eigenvalue weighted by Gasteiger charge is -2.26. The van der Waals surface area contributed by atoms with Crippen molar-refractivity contribution in [3.05, 3.63) is 0 Å². The highest BCUT2D eigenvalue weighted by atomic mass is 16.4. The number of nitrogens with two attached hydrogens (primary N) is 2. The van der Waals surface area contributed by atoms with Crippen LogP contribution in [0.1, 0.15) is 91.9 Å². The van der Waals surface area contributed by atoms with Gasteiger partial charge in [0.2, 0.25) is 35.4 Å². The molecule has 18 heteroatoms. The molecule has 0 aromatic rings. The van der Waals surface area contributed by atoms with E-state index >= 15 is 0 Å². The van der Waals surface area contributed by atoms with Gasteiger partial charge in [-0.3, -0.25) is 28.8 Å². The molecule has 0 aliphatic rings. The third kappa shape index (κ3) is 19.8. The molecule has 0 rings (SSSR count). The fourth-order valence-electron chi connectivity index (χ4n) is 4.34. The van der Waals surface area contributed by atoms with Crippen LogP contribution in [0.4, 0.5) is 0 Å². The predicted molar refractivity (Wildman–Crippen MR) is 176 cm³/mol. The molecule has 0 aliphatic carbocycles. The Kier molecular flexibility index (Phi) is 23.1. The lowest BCUT2D eigenvalue weighted by Crippen LogP contribution is -2.61. The summed E-state index contributed by atoms with van der Waals surface area (Å²) in [7, 11) is -1.91. The van der Waals surface area contributed by atoms with E-state index in [2.05, 4.69) is 38.8 Å². The summed E-state index contributed by atoms with van der Waals surface area (Å²) < 4.78 is 0. The van der Waals surface area contributed by atoms with Crippen molar-refractivity contribution >= 4 is 42.6 Å². The molecule has 47 heavy (non-hydrogen) atoms. The number of amides is 6. The van der Waals surface area contributed by atoms with E-state index in [1.165, 1.54) is 59.3 Å². The standard InChI is InChI=1S/C29H57BN8O9/c1-5-6-7-8-9-10-11-12-14-33-15-13-24(41)36-22(17-31)28(44)38-25(19(3)39)29(45)34-18(2)26(42)37-21(16-23(32)40)27(43)35-20(4)30(46)47/h18-22,25,33,39,46-47H,5-17,31H2,1-4H3,(H2,32,40)(H,34,45)(H,35,43)(H,36,41)(H,37,42)(H,38,44)/t18-,19+,20-,21-,22-,25-/m0/s1. The molecule has 13 N–H and O–H groups in total. The first kappa shape index (κ1) is 43.7. The summed E-state index contributed by atoms with van der Waals surface area (Å²) in [5.41, 5.74) is 10.8. The Balaban J connectivity index is 4.89. The number of aliphatic hydroxyl groups excluding tert-OH is 1. The molecule has 6 amide bonds. The Morgan fingerprint density at radius 3 is 1.81 bits per heavy atom. The van der Waals surface area contributed by atoms with Crippen LogP contribution in [0, 0.1) is 0 Å². The zero-order valence-electron chi connectivity index (χ0n) is 28.2. The highest BCUT2D eigenvalue weighted by molar-refractivity contribution is 6.43. The minimum absolute atomic E-state index is 0.0992. The summed E-state index contributed by atoms with van der Waals surface area (Å²) in [4.78, 5) is 74.8. The predicted octanol–water partition coefficient (Wildman–Crippen LogP) is -3.20. The monoisotopic (exact) mass is 672 g/mol. The van der Waals surface area contributed by atoms with Gasteiger partial charge in [0.15, 0.2) is 0 Å². The number of carbonyl (C=O) groups excluding carboxylic acids is 6. The summed E-state index contributed by atoms with van der Waals surface area (Å²) in [6.45, 7) is 6.84. The summed E-state index contributed by atoms with van der Waals surface area (Å²) in [5, 5.41) is 43.4. The first-order valence-corrected chi connectivity index (χ1v) is 16.4. The summed E-state index contributed by atoms with van der Waals surface area (Å²) in [5.74, 6) is -6.14. The van der Waals surface area contributed by atoms with E-state index in [0.29, 0.717) is 6.54 Å². The zero-order valence-corrected chi connectivity index (χ0v) is 28.2. The van der Waals surface area contributed by atoms with Gasteiger partial charge in [-0.05, 0) is 33.7 Å². The summed E-state index contributed by atoms with van der Waals surface area (Å²) in [6, 6.07) is -5.57. The Morgan fingerprint density at radius 1 is 0.702 bits per heavy atom. The van der Waals surface area contributed by atoms with Crippen molar-refractivity contribution in [2.75, 3.05) is 19.6 Å². The van der Waals surface area contributed by atoms with Crippen LogP contribution < -0.4 is 43.4 Å². The fourth-order valence-corrected chi connectivity index (χ4v) is 4.34. The molecule has 0 aromatic carbocycles. The van der Waals surface area contributed by atoms with Gasteiger partial charge in [-0.2, -0.15) is 0 Å². The second-order valence-corrected chi connectivity index (χ2v) is 11.7. The molecule has 0 radical (unpaired) electrons. The first-order chi connectivity index (χ1) is 22.1. The molecule has 0 saturated heterocycles. The molecular formula is C29H57BN8O9. The van der Waals surface area contributed by atoms with Crippen molar-refractivity contribution in [2.24, 2.45) is 11.5 Å².